The molecule has 7 heteroatoms. The van der Waals surface area contributed by atoms with Gasteiger partial charge in [-0.05, 0) is 55.0 Å². The van der Waals surface area contributed by atoms with Crippen LogP contribution in [0.1, 0.15) is 59.4 Å². The SMILES string of the molecule is CCCOc1cc(CNC2CCCc3[nH]c(=O)c(C(N)=O)cc32)ccc1OC. The highest BCUT2D eigenvalue weighted by atomic mass is 16.5. The number of amides is 1. The normalized spacial score (nSPS) is 15.7. The Balaban J connectivity index is 1.78. The number of fused-ring (bicyclic) bond motifs is 1. The Morgan fingerprint density at radius 2 is 2.14 bits per heavy atom. The molecule has 0 bridgehead atoms. The van der Waals surface area contributed by atoms with Crippen LogP contribution in [0.4, 0.5) is 0 Å². The van der Waals surface area contributed by atoms with E-state index in [1.807, 2.05) is 18.2 Å². The van der Waals surface area contributed by atoms with E-state index in [0.717, 1.165) is 48.3 Å². The second kappa shape index (κ2) is 8.93. The maximum absolute atomic E-state index is 12.0. The summed E-state index contributed by atoms with van der Waals surface area (Å²) in [6, 6.07) is 7.56. The van der Waals surface area contributed by atoms with E-state index in [-0.39, 0.29) is 11.6 Å². The monoisotopic (exact) mass is 385 g/mol. The quantitative estimate of drug-likeness (QED) is 0.647. The third-order valence-electron chi connectivity index (χ3n) is 4.96. The molecule has 1 aliphatic rings. The number of carbonyl (C=O) groups excluding carboxylic acids is 1. The fraction of sp³-hybridized carbons (Fsp3) is 0.429. The largest absolute Gasteiger partial charge is 0.493 e. The van der Waals surface area contributed by atoms with Gasteiger partial charge in [-0.1, -0.05) is 13.0 Å². The number of ether oxygens (including phenoxy) is 2. The van der Waals surface area contributed by atoms with Crippen LogP contribution in [0.5, 0.6) is 11.5 Å². The van der Waals surface area contributed by atoms with E-state index in [1.165, 1.54) is 0 Å². The van der Waals surface area contributed by atoms with Crippen molar-refractivity contribution < 1.29 is 14.3 Å². The number of aromatic nitrogens is 1. The number of benzene rings is 1. The van der Waals surface area contributed by atoms with Crippen LogP contribution >= 0.6 is 0 Å². The van der Waals surface area contributed by atoms with Gasteiger partial charge in [0.1, 0.15) is 5.56 Å². The van der Waals surface area contributed by atoms with Crippen molar-refractivity contribution in [3.8, 4) is 11.5 Å². The van der Waals surface area contributed by atoms with Crippen LogP contribution in [0.2, 0.25) is 0 Å². The number of nitrogens with one attached hydrogen (secondary N) is 2. The minimum Gasteiger partial charge on any atom is -0.493 e. The van der Waals surface area contributed by atoms with Crippen LogP contribution < -0.4 is 26.1 Å². The minimum atomic E-state index is -0.707. The molecular weight excluding hydrogens is 358 g/mol. The lowest BCUT2D eigenvalue weighted by atomic mass is 9.90. The maximum atomic E-state index is 12.0. The molecule has 0 saturated heterocycles. The number of rotatable bonds is 8. The molecule has 1 heterocycles. The molecule has 1 aliphatic carbocycles. The van der Waals surface area contributed by atoms with Gasteiger partial charge in [-0.3, -0.25) is 9.59 Å². The molecule has 150 valence electrons. The van der Waals surface area contributed by atoms with E-state index in [9.17, 15) is 9.59 Å². The average molecular weight is 385 g/mol. The second-order valence-electron chi connectivity index (χ2n) is 6.97. The highest BCUT2D eigenvalue weighted by Crippen LogP contribution is 2.31. The van der Waals surface area contributed by atoms with E-state index in [4.69, 9.17) is 15.2 Å². The van der Waals surface area contributed by atoms with Crippen molar-refractivity contribution >= 4 is 5.91 Å². The molecule has 0 radical (unpaired) electrons. The van der Waals surface area contributed by atoms with Gasteiger partial charge in [0.2, 0.25) is 0 Å². The van der Waals surface area contributed by atoms with E-state index in [0.29, 0.717) is 18.9 Å². The molecule has 2 aromatic rings. The van der Waals surface area contributed by atoms with Gasteiger partial charge in [-0.15, -0.1) is 0 Å². The van der Waals surface area contributed by atoms with Crippen molar-refractivity contribution in [3.63, 3.8) is 0 Å². The lowest BCUT2D eigenvalue weighted by Crippen LogP contribution is -2.31. The molecule has 1 unspecified atom stereocenters. The summed E-state index contributed by atoms with van der Waals surface area (Å²) >= 11 is 0. The third-order valence-corrected chi connectivity index (χ3v) is 4.96. The predicted octanol–water partition coefficient (Wildman–Crippen LogP) is 2.44. The summed E-state index contributed by atoms with van der Waals surface area (Å²) in [7, 11) is 1.63. The molecule has 1 amide bonds. The number of primary amides is 1. The molecule has 4 N–H and O–H groups in total. The fourth-order valence-electron chi connectivity index (χ4n) is 3.53. The first kappa shape index (κ1) is 19.9. The topological polar surface area (TPSA) is 106 Å². The van der Waals surface area contributed by atoms with Crippen molar-refractivity contribution in [1.82, 2.24) is 10.3 Å². The number of hydrogen-bond acceptors (Lipinski definition) is 5. The van der Waals surface area contributed by atoms with E-state index in [2.05, 4.69) is 17.2 Å². The van der Waals surface area contributed by atoms with Crippen LogP contribution in [-0.2, 0) is 13.0 Å². The van der Waals surface area contributed by atoms with Crippen molar-refractivity contribution in [2.45, 2.75) is 45.2 Å². The lowest BCUT2D eigenvalue weighted by molar-refractivity contribution is 0.0998. The Labute approximate surface area is 164 Å². The first-order chi connectivity index (χ1) is 13.5. The standard InChI is InChI=1S/C21H27N3O4/c1-3-9-28-19-10-13(7-8-18(19)27-2)12-23-16-5-4-6-17-14(16)11-15(20(22)25)21(26)24-17/h7-8,10-11,16,23H,3-6,9,12H2,1-2H3,(H2,22,25)(H,24,26). The van der Waals surface area contributed by atoms with E-state index >= 15 is 0 Å². The Morgan fingerprint density at radius 3 is 2.86 bits per heavy atom. The number of methoxy groups -OCH3 is 1. The maximum Gasteiger partial charge on any atom is 0.261 e. The zero-order valence-corrected chi connectivity index (χ0v) is 16.3. The molecule has 1 atom stereocenters. The second-order valence-corrected chi connectivity index (χ2v) is 6.97. The van der Waals surface area contributed by atoms with Gasteiger partial charge < -0.3 is 25.5 Å². The third kappa shape index (κ3) is 4.36. The number of pyridine rings is 1. The Hall–Kier alpha value is -2.80. The van der Waals surface area contributed by atoms with Crippen LogP contribution in [0.25, 0.3) is 0 Å². The lowest BCUT2D eigenvalue weighted by Gasteiger charge is -2.26. The molecule has 3 rings (SSSR count). The Morgan fingerprint density at radius 1 is 1.32 bits per heavy atom. The minimum absolute atomic E-state index is 0.00662. The molecule has 1 aromatic heterocycles. The Bertz CT molecular complexity index is 907. The smallest absolute Gasteiger partial charge is 0.261 e. The summed E-state index contributed by atoms with van der Waals surface area (Å²) in [6.45, 7) is 3.32. The van der Waals surface area contributed by atoms with Crippen molar-refractivity contribution in [3.05, 3.63) is 57.0 Å². The number of aromatic amines is 1. The molecule has 0 fully saturated rings. The predicted molar refractivity (Wildman–Crippen MR) is 107 cm³/mol. The van der Waals surface area contributed by atoms with Gasteiger partial charge in [0.25, 0.3) is 11.5 Å². The first-order valence-electron chi connectivity index (χ1n) is 9.62. The number of carbonyl (C=O) groups is 1. The van der Waals surface area contributed by atoms with Crippen LogP contribution in [0.15, 0.2) is 29.1 Å². The number of H-pyrrole nitrogens is 1. The van der Waals surface area contributed by atoms with Crippen molar-refractivity contribution in [2.75, 3.05) is 13.7 Å². The van der Waals surface area contributed by atoms with Crippen LogP contribution in [0, 0.1) is 0 Å². The van der Waals surface area contributed by atoms with Gasteiger partial charge in [0, 0.05) is 18.3 Å². The summed E-state index contributed by atoms with van der Waals surface area (Å²) in [5.74, 6) is 0.734. The van der Waals surface area contributed by atoms with Gasteiger partial charge in [-0.2, -0.15) is 0 Å². The Kier molecular flexibility index (Phi) is 6.36. The zero-order valence-electron chi connectivity index (χ0n) is 16.3. The van der Waals surface area contributed by atoms with Gasteiger partial charge in [0.05, 0.1) is 13.7 Å². The highest BCUT2D eigenvalue weighted by Gasteiger charge is 2.23. The van der Waals surface area contributed by atoms with E-state index < -0.39 is 11.5 Å². The summed E-state index contributed by atoms with van der Waals surface area (Å²) < 4.78 is 11.1. The van der Waals surface area contributed by atoms with Gasteiger partial charge >= 0.3 is 0 Å². The van der Waals surface area contributed by atoms with Gasteiger partial charge in [0.15, 0.2) is 11.5 Å². The van der Waals surface area contributed by atoms with E-state index in [1.54, 1.807) is 13.2 Å². The molecule has 28 heavy (non-hydrogen) atoms. The van der Waals surface area contributed by atoms with Crippen LogP contribution in [-0.4, -0.2) is 24.6 Å². The highest BCUT2D eigenvalue weighted by molar-refractivity contribution is 5.92. The molecule has 1 aromatic carbocycles. The fourth-order valence-corrected chi connectivity index (χ4v) is 3.53. The molecule has 0 spiro atoms. The molecule has 0 saturated carbocycles. The molecule has 7 nitrogen and oxygen atoms in total. The average Bonchev–Trinajstić information content (AvgIpc) is 2.69. The summed E-state index contributed by atoms with van der Waals surface area (Å²) in [5.41, 5.74) is 7.81. The number of nitrogens with two attached hydrogens (primary N) is 1. The number of aryl methyl sites for hydroxylation is 1. The number of hydrogen-bond donors (Lipinski definition) is 3. The van der Waals surface area contributed by atoms with Crippen molar-refractivity contribution in [2.24, 2.45) is 5.73 Å². The molecule has 0 aliphatic heterocycles. The summed E-state index contributed by atoms with van der Waals surface area (Å²) in [4.78, 5) is 26.4. The summed E-state index contributed by atoms with van der Waals surface area (Å²) in [5, 5.41) is 3.53. The van der Waals surface area contributed by atoms with Crippen molar-refractivity contribution in [1.29, 1.82) is 0 Å². The van der Waals surface area contributed by atoms with Crippen LogP contribution in [0.3, 0.4) is 0 Å². The zero-order chi connectivity index (χ0) is 20.1. The first-order valence-corrected chi connectivity index (χ1v) is 9.62. The van der Waals surface area contributed by atoms with Gasteiger partial charge in [-0.25, -0.2) is 0 Å². The molecular formula is C21H27N3O4. The summed E-state index contributed by atoms with van der Waals surface area (Å²) in [6.07, 6.45) is 3.60.